The molecule has 0 atom stereocenters. The quantitative estimate of drug-likeness (QED) is 0.673. The van der Waals surface area contributed by atoms with Gasteiger partial charge in [-0.2, -0.15) is 4.31 Å². The van der Waals surface area contributed by atoms with Crippen molar-refractivity contribution in [2.45, 2.75) is 18.7 Å². The lowest BCUT2D eigenvalue weighted by Crippen LogP contribution is -2.49. The van der Waals surface area contributed by atoms with Gasteiger partial charge in [-0.3, -0.25) is 0 Å². The summed E-state index contributed by atoms with van der Waals surface area (Å²) >= 11 is 0. The predicted molar refractivity (Wildman–Crippen MR) is 116 cm³/mol. The van der Waals surface area contributed by atoms with Gasteiger partial charge in [0.1, 0.15) is 5.82 Å². The van der Waals surface area contributed by atoms with Gasteiger partial charge in [0.15, 0.2) is 11.6 Å². The summed E-state index contributed by atoms with van der Waals surface area (Å²) in [4.78, 5) is 6.65. The molecule has 0 bridgehead atoms. The number of hydrogen-bond donors (Lipinski definition) is 1. The Morgan fingerprint density at radius 2 is 1.63 bits per heavy atom. The maximum absolute atomic E-state index is 12.9. The number of aryl methyl sites for hydroxylation is 2. The van der Waals surface area contributed by atoms with Crippen molar-refractivity contribution in [3.05, 3.63) is 65.9 Å². The molecule has 0 saturated carbocycles. The van der Waals surface area contributed by atoms with Crippen molar-refractivity contribution in [3.63, 3.8) is 0 Å². The Morgan fingerprint density at radius 3 is 2.30 bits per heavy atom. The zero-order valence-corrected chi connectivity index (χ0v) is 17.8. The third-order valence-electron chi connectivity index (χ3n) is 5.01. The second kappa shape index (κ2) is 8.37. The summed E-state index contributed by atoms with van der Waals surface area (Å²) in [6.07, 6.45) is 1.74. The predicted octanol–water partition coefficient (Wildman–Crippen LogP) is 2.74. The fourth-order valence-electron chi connectivity index (χ4n) is 3.38. The molecule has 2 aromatic heterocycles. The Bertz CT molecular complexity index is 1130. The second-order valence-electron chi connectivity index (χ2n) is 7.33. The molecule has 0 amide bonds. The molecule has 1 N–H and O–H groups in total. The van der Waals surface area contributed by atoms with Crippen LogP contribution in [0.5, 0.6) is 0 Å². The van der Waals surface area contributed by atoms with Crippen molar-refractivity contribution in [2.24, 2.45) is 0 Å². The van der Waals surface area contributed by atoms with Gasteiger partial charge in [-0.25, -0.2) is 13.4 Å². The average molecular weight is 425 g/mol. The molecule has 1 aliphatic heterocycles. The smallest absolute Gasteiger partial charge is 0.243 e. The first-order valence-corrected chi connectivity index (χ1v) is 11.2. The van der Waals surface area contributed by atoms with E-state index in [0.717, 1.165) is 16.9 Å². The highest BCUT2D eigenvalue weighted by atomic mass is 32.2. The Labute approximate surface area is 176 Å². The van der Waals surface area contributed by atoms with Gasteiger partial charge in [0, 0.05) is 32.4 Å². The lowest BCUT2D eigenvalue weighted by atomic mass is 10.2. The summed E-state index contributed by atoms with van der Waals surface area (Å²) in [7, 11) is -3.48. The third-order valence-corrected chi connectivity index (χ3v) is 6.91. The molecule has 3 aromatic rings. The zero-order valence-electron chi connectivity index (χ0n) is 17.0. The number of piperazine rings is 1. The molecule has 0 aliphatic carbocycles. The van der Waals surface area contributed by atoms with Gasteiger partial charge in [0.2, 0.25) is 10.0 Å². The lowest BCUT2D eigenvalue weighted by molar-refractivity contribution is 0.383. The molecule has 0 spiro atoms. The Morgan fingerprint density at radius 1 is 0.867 bits per heavy atom. The minimum absolute atomic E-state index is 0.343. The number of anilines is 3. The van der Waals surface area contributed by atoms with Crippen LogP contribution in [-0.4, -0.2) is 54.1 Å². The van der Waals surface area contributed by atoms with Crippen molar-refractivity contribution < 1.29 is 8.42 Å². The molecule has 0 radical (unpaired) electrons. The number of nitrogens with zero attached hydrogens (tertiary/aromatic N) is 5. The highest BCUT2D eigenvalue weighted by molar-refractivity contribution is 7.89. The van der Waals surface area contributed by atoms with Crippen molar-refractivity contribution in [2.75, 3.05) is 36.4 Å². The largest absolute Gasteiger partial charge is 0.352 e. The van der Waals surface area contributed by atoms with Gasteiger partial charge in [-0.05, 0) is 61.4 Å². The van der Waals surface area contributed by atoms with Crippen LogP contribution in [0.3, 0.4) is 0 Å². The molecule has 8 nitrogen and oxygen atoms in total. The Hall–Kier alpha value is -3.04. The van der Waals surface area contributed by atoms with Crippen LogP contribution in [0, 0.1) is 13.8 Å². The van der Waals surface area contributed by atoms with Crippen LogP contribution in [0.25, 0.3) is 0 Å². The van der Waals surface area contributed by atoms with Crippen LogP contribution >= 0.6 is 0 Å². The molecular weight excluding hydrogens is 400 g/mol. The molecule has 1 aliphatic rings. The fourth-order valence-corrected chi connectivity index (χ4v) is 4.91. The minimum atomic E-state index is -3.48. The van der Waals surface area contributed by atoms with Gasteiger partial charge in [0.25, 0.3) is 0 Å². The van der Waals surface area contributed by atoms with Crippen LogP contribution in [0.2, 0.25) is 0 Å². The number of aromatic nitrogens is 3. The van der Waals surface area contributed by atoms with E-state index in [2.05, 4.69) is 20.5 Å². The van der Waals surface area contributed by atoms with Crippen LogP contribution in [0.15, 0.2) is 59.6 Å². The molecule has 9 heteroatoms. The van der Waals surface area contributed by atoms with E-state index in [-0.39, 0.29) is 0 Å². The standard InChI is InChI=1S/C21H24N6O2S/c1-16-4-3-5-18(14-16)30(28,29)27-12-10-26(11-13-27)21-7-6-19(24-25-21)23-20-15-17(2)8-9-22-20/h3-9,14-15H,10-13H2,1-2H3,(H,22,23,24). The molecule has 156 valence electrons. The van der Waals surface area contributed by atoms with E-state index >= 15 is 0 Å². The molecule has 1 aromatic carbocycles. The van der Waals surface area contributed by atoms with Crippen LogP contribution < -0.4 is 10.2 Å². The summed E-state index contributed by atoms with van der Waals surface area (Å²) in [5.74, 6) is 2.05. The molecule has 4 rings (SSSR count). The van der Waals surface area contributed by atoms with Crippen LogP contribution in [-0.2, 0) is 10.0 Å². The number of rotatable bonds is 5. The molecule has 1 saturated heterocycles. The van der Waals surface area contributed by atoms with Crippen LogP contribution in [0.4, 0.5) is 17.5 Å². The van der Waals surface area contributed by atoms with E-state index in [9.17, 15) is 8.42 Å². The van der Waals surface area contributed by atoms with Gasteiger partial charge >= 0.3 is 0 Å². The van der Waals surface area contributed by atoms with E-state index in [1.165, 1.54) is 4.31 Å². The Balaban J connectivity index is 1.39. The molecule has 1 fully saturated rings. The number of benzene rings is 1. The average Bonchev–Trinajstić information content (AvgIpc) is 2.74. The molecule has 30 heavy (non-hydrogen) atoms. The van der Waals surface area contributed by atoms with Crippen molar-refractivity contribution >= 4 is 27.5 Å². The number of sulfonamides is 1. The number of pyridine rings is 1. The zero-order chi connectivity index (χ0) is 21.1. The van der Waals surface area contributed by atoms with Gasteiger partial charge < -0.3 is 10.2 Å². The summed E-state index contributed by atoms with van der Waals surface area (Å²) in [6.45, 7) is 5.83. The summed E-state index contributed by atoms with van der Waals surface area (Å²) < 4.78 is 27.3. The monoisotopic (exact) mass is 424 g/mol. The van der Waals surface area contributed by atoms with Crippen molar-refractivity contribution in [1.82, 2.24) is 19.5 Å². The maximum Gasteiger partial charge on any atom is 0.243 e. The molecule has 0 unspecified atom stereocenters. The number of hydrogen-bond acceptors (Lipinski definition) is 7. The summed E-state index contributed by atoms with van der Waals surface area (Å²) in [6, 6.07) is 14.6. The lowest BCUT2D eigenvalue weighted by Gasteiger charge is -2.34. The topological polar surface area (TPSA) is 91.3 Å². The minimum Gasteiger partial charge on any atom is -0.352 e. The van der Waals surface area contributed by atoms with Gasteiger partial charge in [0.05, 0.1) is 4.90 Å². The first-order chi connectivity index (χ1) is 14.4. The van der Waals surface area contributed by atoms with Gasteiger partial charge in [-0.15, -0.1) is 10.2 Å². The second-order valence-corrected chi connectivity index (χ2v) is 9.27. The van der Waals surface area contributed by atoms with Crippen molar-refractivity contribution in [1.29, 1.82) is 0 Å². The first-order valence-electron chi connectivity index (χ1n) is 9.77. The normalized spacial score (nSPS) is 15.2. The van der Waals surface area contributed by atoms with E-state index < -0.39 is 10.0 Å². The maximum atomic E-state index is 12.9. The van der Waals surface area contributed by atoms with E-state index in [1.807, 2.05) is 49.1 Å². The SMILES string of the molecule is Cc1cccc(S(=O)(=O)N2CCN(c3ccc(Nc4cc(C)ccn4)nn3)CC2)c1. The van der Waals surface area contributed by atoms with E-state index in [4.69, 9.17) is 0 Å². The summed E-state index contributed by atoms with van der Waals surface area (Å²) in [5, 5.41) is 11.7. The summed E-state index contributed by atoms with van der Waals surface area (Å²) in [5.41, 5.74) is 2.04. The highest BCUT2D eigenvalue weighted by Crippen LogP contribution is 2.21. The van der Waals surface area contributed by atoms with Crippen LogP contribution in [0.1, 0.15) is 11.1 Å². The first kappa shape index (κ1) is 20.2. The molecule has 3 heterocycles. The molecular formula is C21H24N6O2S. The van der Waals surface area contributed by atoms with Gasteiger partial charge in [-0.1, -0.05) is 12.1 Å². The highest BCUT2D eigenvalue weighted by Gasteiger charge is 2.29. The Kier molecular flexibility index (Phi) is 5.65. The fraction of sp³-hybridized carbons (Fsp3) is 0.286. The van der Waals surface area contributed by atoms with Crippen molar-refractivity contribution in [3.8, 4) is 0 Å². The third kappa shape index (κ3) is 4.42. The van der Waals surface area contributed by atoms with E-state index in [1.54, 1.807) is 24.4 Å². The van der Waals surface area contributed by atoms with E-state index in [0.29, 0.717) is 42.7 Å². The number of nitrogens with one attached hydrogen (secondary N) is 1.